The number of rotatable bonds is 4. The molecular formula is C18H27N3S. The van der Waals surface area contributed by atoms with Gasteiger partial charge in [0.2, 0.25) is 0 Å². The summed E-state index contributed by atoms with van der Waals surface area (Å²) < 4.78 is 0. The van der Waals surface area contributed by atoms with Gasteiger partial charge in [-0.1, -0.05) is 6.42 Å². The van der Waals surface area contributed by atoms with Crippen LogP contribution in [0.1, 0.15) is 48.8 Å². The minimum absolute atomic E-state index is 0.147. The van der Waals surface area contributed by atoms with Gasteiger partial charge >= 0.3 is 0 Å². The Hall–Kier alpha value is -0.890. The van der Waals surface area contributed by atoms with Crippen LogP contribution in [0.3, 0.4) is 0 Å². The lowest BCUT2D eigenvalue weighted by Crippen LogP contribution is -2.40. The molecule has 0 aliphatic carbocycles. The zero-order valence-corrected chi connectivity index (χ0v) is 14.5. The molecule has 2 saturated heterocycles. The Morgan fingerprint density at radius 1 is 1.05 bits per heavy atom. The molecule has 3 heterocycles. The van der Waals surface area contributed by atoms with Crippen molar-refractivity contribution in [1.29, 1.82) is 5.26 Å². The number of nitrogens with zero attached hydrogens (tertiary/aromatic N) is 3. The molecule has 120 valence electrons. The average Bonchev–Trinajstić information content (AvgIpc) is 2.95. The molecule has 2 aliphatic heterocycles. The summed E-state index contributed by atoms with van der Waals surface area (Å²) in [7, 11) is 0. The van der Waals surface area contributed by atoms with Crippen LogP contribution in [0.25, 0.3) is 0 Å². The van der Waals surface area contributed by atoms with E-state index >= 15 is 0 Å². The summed E-state index contributed by atoms with van der Waals surface area (Å²) in [5, 5.41) is 9.34. The van der Waals surface area contributed by atoms with E-state index in [0.717, 1.165) is 39.0 Å². The van der Waals surface area contributed by atoms with Gasteiger partial charge in [-0.2, -0.15) is 5.26 Å². The fraction of sp³-hybridized carbons (Fsp3) is 0.722. The van der Waals surface area contributed by atoms with Crippen molar-refractivity contribution < 1.29 is 0 Å². The van der Waals surface area contributed by atoms with Crippen molar-refractivity contribution in [3.05, 3.63) is 21.9 Å². The first-order valence-electron chi connectivity index (χ1n) is 8.60. The van der Waals surface area contributed by atoms with Gasteiger partial charge in [-0.3, -0.25) is 9.80 Å². The van der Waals surface area contributed by atoms with E-state index in [4.69, 9.17) is 0 Å². The predicted octanol–water partition coefficient (Wildman–Crippen LogP) is 3.86. The molecule has 0 amide bonds. The zero-order chi connectivity index (χ0) is 15.4. The van der Waals surface area contributed by atoms with Gasteiger partial charge in [0.1, 0.15) is 0 Å². The molecule has 0 saturated carbocycles. The number of thiophene rings is 1. The Kier molecular flexibility index (Phi) is 5.18. The summed E-state index contributed by atoms with van der Waals surface area (Å²) in [6, 6.07) is 7.11. The molecule has 0 bridgehead atoms. The molecule has 0 spiro atoms. The van der Waals surface area contributed by atoms with Gasteiger partial charge in [0.25, 0.3) is 0 Å². The average molecular weight is 318 g/mol. The smallest absolute Gasteiger partial charge is 0.0700 e. The van der Waals surface area contributed by atoms with Crippen molar-refractivity contribution in [1.82, 2.24) is 9.80 Å². The van der Waals surface area contributed by atoms with Gasteiger partial charge in [0.05, 0.1) is 11.5 Å². The Balaban J connectivity index is 1.54. The monoisotopic (exact) mass is 317 g/mol. The van der Waals surface area contributed by atoms with Crippen LogP contribution >= 0.6 is 11.3 Å². The van der Waals surface area contributed by atoms with Gasteiger partial charge in [0, 0.05) is 29.4 Å². The number of hydrogen-bond donors (Lipinski definition) is 0. The normalized spacial score (nSPS) is 27.6. The van der Waals surface area contributed by atoms with Crippen molar-refractivity contribution in [2.75, 3.05) is 26.2 Å². The van der Waals surface area contributed by atoms with Crippen LogP contribution in [-0.4, -0.2) is 36.0 Å². The molecule has 0 N–H and O–H groups in total. The van der Waals surface area contributed by atoms with Gasteiger partial charge in [-0.15, -0.1) is 11.3 Å². The number of piperidine rings is 2. The Morgan fingerprint density at radius 3 is 2.36 bits per heavy atom. The fourth-order valence-corrected chi connectivity index (χ4v) is 4.82. The van der Waals surface area contributed by atoms with Crippen molar-refractivity contribution in [3.63, 3.8) is 0 Å². The summed E-state index contributed by atoms with van der Waals surface area (Å²) >= 11 is 1.96. The third kappa shape index (κ3) is 4.10. The first kappa shape index (κ1) is 16.0. The second-order valence-electron chi connectivity index (χ2n) is 7.19. The van der Waals surface area contributed by atoms with Crippen LogP contribution < -0.4 is 0 Å². The van der Waals surface area contributed by atoms with Gasteiger partial charge < -0.3 is 0 Å². The highest BCUT2D eigenvalue weighted by Crippen LogP contribution is 2.30. The summed E-state index contributed by atoms with van der Waals surface area (Å²) in [5.41, 5.74) is -0.147. The highest BCUT2D eigenvalue weighted by Gasteiger charge is 2.30. The highest BCUT2D eigenvalue weighted by atomic mass is 32.1. The maximum absolute atomic E-state index is 9.34. The van der Waals surface area contributed by atoms with E-state index < -0.39 is 0 Å². The molecule has 0 unspecified atom stereocenters. The third-order valence-corrected chi connectivity index (χ3v) is 6.03. The zero-order valence-electron chi connectivity index (χ0n) is 13.7. The van der Waals surface area contributed by atoms with Crippen molar-refractivity contribution in [2.24, 2.45) is 5.41 Å². The maximum atomic E-state index is 9.34. The lowest BCUT2D eigenvalue weighted by molar-refractivity contribution is 0.138. The largest absolute Gasteiger partial charge is 0.298 e. The molecule has 3 rings (SSSR count). The highest BCUT2D eigenvalue weighted by molar-refractivity contribution is 7.11. The van der Waals surface area contributed by atoms with Gasteiger partial charge in [0.15, 0.2) is 0 Å². The molecule has 2 aliphatic rings. The number of likely N-dealkylation sites (tertiary alicyclic amines) is 2. The second-order valence-corrected chi connectivity index (χ2v) is 8.44. The molecule has 22 heavy (non-hydrogen) atoms. The van der Waals surface area contributed by atoms with E-state index in [-0.39, 0.29) is 5.41 Å². The van der Waals surface area contributed by atoms with E-state index in [1.54, 1.807) is 0 Å². The fourth-order valence-electron chi connectivity index (χ4n) is 3.72. The van der Waals surface area contributed by atoms with Crippen molar-refractivity contribution in [2.45, 2.75) is 52.1 Å². The van der Waals surface area contributed by atoms with E-state index in [1.807, 2.05) is 11.3 Å². The van der Waals surface area contributed by atoms with E-state index in [2.05, 4.69) is 34.9 Å². The quantitative estimate of drug-likeness (QED) is 0.845. The minimum Gasteiger partial charge on any atom is -0.298 e. The standard InChI is InChI=1S/C18H27N3S/c1-18(14-19)8-5-11-21(15-18)13-17-7-6-16(22-17)12-20-9-3-2-4-10-20/h6-7H,2-5,8-13,15H2,1H3/t18-/m1/s1. The van der Waals surface area contributed by atoms with Gasteiger partial charge in [-0.05, 0) is 64.4 Å². The summed E-state index contributed by atoms with van der Waals surface area (Å²) in [6.07, 6.45) is 6.32. The predicted molar refractivity (Wildman–Crippen MR) is 91.7 cm³/mol. The Bertz CT molecular complexity index is 527. The molecule has 2 fully saturated rings. The molecule has 0 aromatic carbocycles. The van der Waals surface area contributed by atoms with Gasteiger partial charge in [-0.25, -0.2) is 0 Å². The molecule has 4 heteroatoms. The van der Waals surface area contributed by atoms with Crippen molar-refractivity contribution in [3.8, 4) is 6.07 Å². The first-order chi connectivity index (χ1) is 10.7. The SMILES string of the molecule is C[C@]1(C#N)CCCN(Cc2ccc(CN3CCCCC3)s2)C1. The van der Waals surface area contributed by atoms with Crippen LogP contribution in [0.2, 0.25) is 0 Å². The topological polar surface area (TPSA) is 30.3 Å². The van der Waals surface area contributed by atoms with Crippen LogP contribution in [-0.2, 0) is 13.1 Å². The lowest BCUT2D eigenvalue weighted by Gasteiger charge is -2.35. The molecule has 1 aromatic heterocycles. The molecule has 0 radical (unpaired) electrons. The summed E-state index contributed by atoms with van der Waals surface area (Å²) in [6.45, 7) is 8.83. The Labute approximate surface area is 138 Å². The minimum atomic E-state index is -0.147. The lowest BCUT2D eigenvalue weighted by atomic mass is 9.83. The van der Waals surface area contributed by atoms with E-state index in [1.165, 1.54) is 42.1 Å². The van der Waals surface area contributed by atoms with Crippen LogP contribution in [0.5, 0.6) is 0 Å². The molecule has 3 nitrogen and oxygen atoms in total. The third-order valence-electron chi connectivity index (χ3n) is 4.97. The molecule has 1 aromatic rings. The van der Waals surface area contributed by atoms with Crippen molar-refractivity contribution >= 4 is 11.3 Å². The number of nitriles is 1. The first-order valence-corrected chi connectivity index (χ1v) is 9.42. The van der Waals surface area contributed by atoms with Crippen LogP contribution in [0.15, 0.2) is 12.1 Å². The Morgan fingerprint density at radius 2 is 1.68 bits per heavy atom. The summed E-state index contributed by atoms with van der Waals surface area (Å²) in [5.74, 6) is 0. The van der Waals surface area contributed by atoms with E-state index in [0.29, 0.717) is 0 Å². The van der Waals surface area contributed by atoms with E-state index in [9.17, 15) is 5.26 Å². The number of hydrogen-bond acceptors (Lipinski definition) is 4. The van der Waals surface area contributed by atoms with Crippen LogP contribution in [0.4, 0.5) is 0 Å². The second kappa shape index (κ2) is 7.12. The molecular weight excluding hydrogens is 290 g/mol. The van der Waals surface area contributed by atoms with Crippen LogP contribution in [0, 0.1) is 16.7 Å². The molecule has 1 atom stereocenters. The maximum Gasteiger partial charge on any atom is 0.0700 e. The summed E-state index contributed by atoms with van der Waals surface area (Å²) in [4.78, 5) is 8.00.